The highest BCUT2D eigenvalue weighted by Gasteiger charge is 2.17. The summed E-state index contributed by atoms with van der Waals surface area (Å²) in [4.78, 5) is 5.24. The van der Waals surface area contributed by atoms with Crippen LogP contribution in [0.2, 0.25) is 0 Å². The van der Waals surface area contributed by atoms with E-state index in [-0.39, 0.29) is 0 Å². The van der Waals surface area contributed by atoms with Crippen molar-refractivity contribution in [1.29, 1.82) is 0 Å². The van der Waals surface area contributed by atoms with E-state index in [0.717, 1.165) is 23.7 Å². The molecule has 0 saturated carbocycles. The number of hydrogen-bond donors (Lipinski definition) is 1. The fraction of sp³-hybridized carbons (Fsp3) is 0.333. The topological polar surface area (TPSA) is 61.2 Å². The Morgan fingerprint density at radius 3 is 3.16 bits per heavy atom. The summed E-state index contributed by atoms with van der Waals surface area (Å²) in [5.41, 5.74) is 2.39. The van der Waals surface area contributed by atoms with E-state index >= 15 is 0 Å². The van der Waals surface area contributed by atoms with Crippen LogP contribution in [0.5, 0.6) is 11.6 Å². The van der Waals surface area contributed by atoms with Gasteiger partial charge < -0.3 is 14.8 Å². The van der Waals surface area contributed by atoms with Crippen molar-refractivity contribution < 1.29 is 9.47 Å². The van der Waals surface area contributed by atoms with Crippen LogP contribution in [0.1, 0.15) is 11.3 Å². The van der Waals surface area contributed by atoms with Gasteiger partial charge in [-0.3, -0.25) is 0 Å². The highest BCUT2D eigenvalue weighted by atomic mass is 32.2. The van der Waals surface area contributed by atoms with Crippen molar-refractivity contribution in [2.24, 2.45) is 0 Å². The van der Waals surface area contributed by atoms with Crippen LogP contribution in [0.4, 0.5) is 0 Å². The van der Waals surface area contributed by atoms with Crippen molar-refractivity contribution in [2.45, 2.75) is 18.0 Å². The molecule has 0 fully saturated rings. The second-order valence-electron chi connectivity index (χ2n) is 4.37. The molecule has 0 spiro atoms. The average molecular weight is 276 g/mol. The number of aromatic nitrogens is 3. The lowest BCUT2D eigenvalue weighted by Crippen LogP contribution is -2.16. The summed E-state index contributed by atoms with van der Waals surface area (Å²) in [5.74, 6) is 1.28. The average Bonchev–Trinajstić information content (AvgIpc) is 2.99. The van der Waals surface area contributed by atoms with E-state index in [9.17, 15) is 0 Å². The molecule has 0 bridgehead atoms. The van der Waals surface area contributed by atoms with Gasteiger partial charge in [0.15, 0.2) is 5.75 Å². The van der Waals surface area contributed by atoms with Crippen LogP contribution in [-0.4, -0.2) is 27.4 Å². The Morgan fingerprint density at radius 2 is 2.21 bits per heavy atom. The summed E-state index contributed by atoms with van der Waals surface area (Å²) in [6.45, 7) is 2.88. The van der Waals surface area contributed by atoms with E-state index in [1.807, 2.05) is 10.2 Å². The van der Waals surface area contributed by atoms with Gasteiger partial charge in [-0.2, -0.15) is 5.10 Å². The first-order chi connectivity index (χ1) is 9.38. The lowest BCUT2D eigenvalue weighted by molar-refractivity contribution is 0.164. The van der Waals surface area contributed by atoms with Crippen LogP contribution in [0.25, 0.3) is 0 Å². The van der Waals surface area contributed by atoms with Crippen LogP contribution >= 0.6 is 11.9 Å². The minimum absolute atomic E-state index is 0.561. The number of pyridine rings is 1. The number of ether oxygens (including phenoxy) is 2. The standard InChI is InChI=1S/C12H12N4O2S/c1-2-18-12-11(17-1)3-9(5-14-12)19-16-7-8-4-13-6-10(8)15-16/h3,5,7,13H,1-2,4,6H2. The monoisotopic (exact) mass is 276 g/mol. The van der Waals surface area contributed by atoms with Gasteiger partial charge in [0.05, 0.1) is 10.6 Å². The molecule has 2 aromatic rings. The molecule has 0 radical (unpaired) electrons. The van der Waals surface area contributed by atoms with E-state index in [2.05, 4.69) is 21.6 Å². The number of nitrogens with one attached hydrogen (secondary N) is 1. The Labute approximate surface area is 114 Å². The Balaban J connectivity index is 1.58. The number of fused-ring (bicyclic) bond motifs is 2. The zero-order valence-electron chi connectivity index (χ0n) is 10.1. The highest BCUT2D eigenvalue weighted by molar-refractivity contribution is 7.97. The molecule has 19 heavy (non-hydrogen) atoms. The van der Waals surface area contributed by atoms with Crippen LogP contribution in [-0.2, 0) is 13.1 Å². The number of nitrogens with zero attached hydrogens (tertiary/aromatic N) is 3. The zero-order valence-corrected chi connectivity index (χ0v) is 10.9. The zero-order chi connectivity index (χ0) is 12.7. The van der Waals surface area contributed by atoms with Gasteiger partial charge >= 0.3 is 0 Å². The third-order valence-electron chi connectivity index (χ3n) is 3.04. The van der Waals surface area contributed by atoms with Crippen LogP contribution < -0.4 is 14.8 Å². The van der Waals surface area contributed by atoms with E-state index < -0.39 is 0 Å². The van der Waals surface area contributed by atoms with Crippen molar-refractivity contribution in [2.75, 3.05) is 13.2 Å². The predicted molar refractivity (Wildman–Crippen MR) is 69.3 cm³/mol. The lowest BCUT2D eigenvalue weighted by Gasteiger charge is -2.17. The van der Waals surface area contributed by atoms with Crippen molar-refractivity contribution in [3.05, 3.63) is 29.7 Å². The maximum atomic E-state index is 5.52. The van der Waals surface area contributed by atoms with Crippen molar-refractivity contribution in [1.82, 2.24) is 19.5 Å². The number of rotatable bonds is 2. The molecule has 0 atom stereocenters. The van der Waals surface area contributed by atoms with Crippen LogP contribution in [0.3, 0.4) is 0 Å². The molecule has 98 valence electrons. The molecule has 0 aliphatic carbocycles. The first-order valence-corrected chi connectivity index (χ1v) is 6.88. The van der Waals surface area contributed by atoms with Crippen molar-refractivity contribution in [3.63, 3.8) is 0 Å². The molecule has 0 aromatic carbocycles. The Kier molecular flexibility index (Phi) is 2.59. The number of hydrogen-bond acceptors (Lipinski definition) is 6. The SMILES string of the molecule is c1nc2c(cc1Sn1cc3c(n1)CNC3)OCCO2. The largest absolute Gasteiger partial charge is 0.484 e. The molecule has 4 rings (SSSR count). The molecule has 0 amide bonds. The van der Waals surface area contributed by atoms with Gasteiger partial charge in [0.2, 0.25) is 0 Å². The van der Waals surface area contributed by atoms with E-state index in [4.69, 9.17) is 9.47 Å². The Morgan fingerprint density at radius 1 is 1.26 bits per heavy atom. The van der Waals surface area contributed by atoms with Crippen molar-refractivity contribution in [3.8, 4) is 11.6 Å². The first-order valence-electron chi connectivity index (χ1n) is 6.10. The fourth-order valence-corrected chi connectivity index (χ4v) is 2.95. The molecule has 2 aliphatic rings. The molecular weight excluding hydrogens is 264 g/mol. The Bertz CT molecular complexity index is 607. The van der Waals surface area contributed by atoms with E-state index in [1.54, 1.807) is 6.20 Å². The lowest BCUT2D eigenvalue weighted by atomic mass is 10.3. The minimum atomic E-state index is 0.561. The normalized spacial score (nSPS) is 16.4. The minimum Gasteiger partial charge on any atom is -0.484 e. The third kappa shape index (κ3) is 2.04. The highest BCUT2D eigenvalue weighted by Crippen LogP contribution is 2.32. The fourth-order valence-electron chi connectivity index (χ4n) is 2.15. The molecule has 7 heteroatoms. The van der Waals surface area contributed by atoms with Gasteiger partial charge in [0.25, 0.3) is 5.88 Å². The van der Waals surface area contributed by atoms with E-state index in [1.165, 1.54) is 17.5 Å². The van der Waals surface area contributed by atoms with Crippen LogP contribution in [0.15, 0.2) is 23.4 Å². The first kappa shape index (κ1) is 11.1. The third-order valence-corrected chi connectivity index (χ3v) is 3.84. The van der Waals surface area contributed by atoms with Gasteiger partial charge in [0.1, 0.15) is 13.2 Å². The smallest absolute Gasteiger partial charge is 0.257 e. The summed E-state index contributed by atoms with van der Waals surface area (Å²) in [6, 6.07) is 1.94. The maximum Gasteiger partial charge on any atom is 0.257 e. The summed E-state index contributed by atoms with van der Waals surface area (Å²) < 4.78 is 12.8. The molecule has 2 aromatic heterocycles. The van der Waals surface area contributed by atoms with Gasteiger partial charge in [0, 0.05) is 49.1 Å². The predicted octanol–water partition coefficient (Wildman–Crippen LogP) is 1.21. The summed E-state index contributed by atoms with van der Waals surface area (Å²) in [6.07, 6.45) is 3.83. The van der Waals surface area contributed by atoms with Gasteiger partial charge in [-0.15, -0.1) is 0 Å². The second kappa shape index (κ2) is 4.43. The quantitative estimate of drug-likeness (QED) is 0.889. The maximum absolute atomic E-state index is 5.52. The summed E-state index contributed by atoms with van der Waals surface area (Å²) in [5, 5.41) is 7.78. The summed E-state index contributed by atoms with van der Waals surface area (Å²) >= 11 is 1.52. The van der Waals surface area contributed by atoms with Crippen molar-refractivity contribution >= 4 is 11.9 Å². The van der Waals surface area contributed by atoms with Crippen LogP contribution in [0, 0.1) is 0 Å². The molecular formula is C12H12N4O2S. The second-order valence-corrected chi connectivity index (χ2v) is 5.40. The molecule has 2 aliphatic heterocycles. The molecule has 6 nitrogen and oxygen atoms in total. The van der Waals surface area contributed by atoms with Gasteiger partial charge in [-0.25, -0.2) is 9.07 Å². The van der Waals surface area contributed by atoms with Gasteiger partial charge in [-0.1, -0.05) is 0 Å². The van der Waals surface area contributed by atoms with E-state index in [0.29, 0.717) is 24.8 Å². The molecule has 1 N–H and O–H groups in total. The Hall–Kier alpha value is -1.73. The molecule has 0 unspecified atom stereocenters. The molecule has 4 heterocycles. The van der Waals surface area contributed by atoms with Gasteiger partial charge in [-0.05, 0) is 0 Å². The summed E-state index contributed by atoms with van der Waals surface area (Å²) in [7, 11) is 0. The molecule has 0 saturated heterocycles.